The van der Waals surface area contributed by atoms with Gasteiger partial charge in [-0.15, -0.1) is 0 Å². The first-order valence-electron chi connectivity index (χ1n) is 14.2. The summed E-state index contributed by atoms with van der Waals surface area (Å²) in [6.07, 6.45) is 0. The average Bonchev–Trinajstić information content (AvgIpc) is 3.35. The van der Waals surface area contributed by atoms with Crippen LogP contribution in [-0.4, -0.2) is 18.3 Å². The second-order valence-electron chi connectivity index (χ2n) is 12.3. The summed E-state index contributed by atoms with van der Waals surface area (Å²) in [5.74, 6) is 0. The zero-order chi connectivity index (χ0) is 27.3. The molecule has 3 aliphatic rings. The molecule has 3 heteroatoms. The van der Waals surface area contributed by atoms with Crippen LogP contribution in [0.2, 0.25) is 0 Å². The van der Waals surface area contributed by atoms with Crippen molar-refractivity contribution in [3.63, 3.8) is 0 Å². The second kappa shape index (κ2) is 8.79. The van der Waals surface area contributed by atoms with Crippen LogP contribution in [0.3, 0.4) is 0 Å². The molecule has 1 fully saturated rings. The summed E-state index contributed by atoms with van der Waals surface area (Å²) >= 11 is 0. The van der Waals surface area contributed by atoms with E-state index < -0.39 is 23.7 Å². The van der Waals surface area contributed by atoms with Crippen LogP contribution in [0.25, 0.3) is 33.4 Å². The highest BCUT2D eigenvalue weighted by Gasteiger charge is 2.53. The number of hydrogen-bond acceptors (Lipinski definition) is 2. The Morgan fingerprint density at radius 3 is 1.27 bits per heavy atom. The van der Waals surface area contributed by atoms with Gasteiger partial charge in [0.2, 0.25) is 0 Å². The quantitative estimate of drug-likeness (QED) is 0.196. The van der Waals surface area contributed by atoms with Crippen molar-refractivity contribution in [1.29, 1.82) is 0 Å². The van der Waals surface area contributed by atoms with Gasteiger partial charge in [0.15, 0.2) is 0 Å². The Bertz CT molecular complexity index is 1770. The third-order valence-electron chi connectivity index (χ3n) is 9.76. The Kier molecular flexibility index (Phi) is 5.58. The molecular formula is C38H35BO2. The fourth-order valence-corrected chi connectivity index (χ4v) is 7.19. The van der Waals surface area contributed by atoms with Crippen LogP contribution in [0.1, 0.15) is 57.4 Å². The van der Waals surface area contributed by atoms with Crippen molar-refractivity contribution in [3.05, 3.63) is 138 Å². The van der Waals surface area contributed by atoms with Gasteiger partial charge in [-0.25, -0.2) is 0 Å². The summed E-state index contributed by atoms with van der Waals surface area (Å²) in [4.78, 5) is 0. The Hall–Kier alpha value is -3.92. The molecule has 0 N–H and O–H groups in total. The maximum absolute atomic E-state index is 6.58. The van der Waals surface area contributed by atoms with Crippen molar-refractivity contribution in [2.45, 2.75) is 51.7 Å². The zero-order valence-electron chi connectivity index (χ0n) is 23.4. The molecule has 202 valence electrons. The second-order valence-corrected chi connectivity index (χ2v) is 12.3. The molecule has 2 nitrogen and oxygen atoms in total. The average molecular weight is 535 g/mol. The van der Waals surface area contributed by atoms with Gasteiger partial charge in [-0.1, -0.05) is 123 Å². The molecule has 0 unspecified atom stereocenters. The number of benzene rings is 5. The standard InChI is InChI=1S/C37H31BO2.CH4/c1-35(2)36(3,4)40-38(39-35)24-21-22-30-26-14-6-5-13-25(26)27-15-7-10-18-31(27)37(34(30)23-24)32-19-11-8-16-28(32)29-17-9-12-20-33(29)37;/h5-23H,1-4H3;1H4. The lowest BCUT2D eigenvalue weighted by Gasteiger charge is -2.35. The van der Waals surface area contributed by atoms with Crippen LogP contribution in [-0.2, 0) is 14.7 Å². The summed E-state index contributed by atoms with van der Waals surface area (Å²) in [5, 5.41) is 0. The minimum Gasteiger partial charge on any atom is -0.399 e. The van der Waals surface area contributed by atoms with Gasteiger partial charge >= 0.3 is 7.12 Å². The lowest BCUT2D eigenvalue weighted by atomic mass is 9.64. The monoisotopic (exact) mass is 534 g/mol. The Morgan fingerprint density at radius 2 is 0.805 bits per heavy atom. The van der Waals surface area contributed by atoms with E-state index in [0.717, 1.165) is 5.46 Å². The molecule has 5 aromatic carbocycles. The summed E-state index contributed by atoms with van der Waals surface area (Å²) < 4.78 is 13.2. The molecular weight excluding hydrogens is 499 g/mol. The highest BCUT2D eigenvalue weighted by Crippen LogP contribution is 2.61. The smallest absolute Gasteiger partial charge is 0.399 e. The van der Waals surface area contributed by atoms with Gasteiger partial charge in [-0.2, -0.15) is 0 Å². The third-order valence-corrected chi connectivity index (χ3v) is 9.76. The van der Waals surface area contributed by atoms with Crippen LogP contribution < -0.4 is 5.46 Å². The highest BCUT2D eigenvalue weighted by molar-refractivity contribution is 6.62. The molecule has 0 radical (unpaired) electrons. The Balaban J connectivity index is 0.00000276. The van der Waals surface area contributed by atoms with E-state index in [9.17, 15) is 0 Å². The first kappa shape index (κ1) is 26.0. The maximum atomic E-state index is 6.58. The van der Waals surface area contributed by atoms with Crippen molar-refractivity contribution in [1.82, 2.24) is 0 Å². The van der Waals surface area contributed by atoms with E-state index in [4.69, 9.17) is 9.31 Å². The fourth-order valence-electron chi connectivity index (χ4n) is 7.19. The predicted molar refractivity (Wildman–Crippen MR) is 171 cm³/mol. The van der Waals surface area contributed by atoms with Gasteiger partial charge in [0.1, 0.15) is 0 Å². The first-order chi connectivity index (χ1) is 19.3. The molecule has 0 aromatic heterocycles. The lowest BCUT2D eigenvalue weighted by molar-refractivity contribution is 0.00578. The van der Waals surface area contributed by atoms with E-state index in [1.165, 1.54) is 55.6 Å². The molecule has 5 aromatic rings. The van der Waals surface area contributed by atoms with Gasteiger partial charge in [0, 0.05) is 0 Å². The van der Waals surface area contributed by atoms with Crippen molar-refractivity contribution in [2.24, 2.45) is 0 Å². The highest BCUT2D eigenvalue weighted by atomic mass is 16.7. The third kappa shape index (κ3) is 3.34. The normalized spacial score (nSPS) is 17.9. The minimum absolute atomic E-state index is 0. The molecule has 0 amide bonds. The van der Waals surface area contributed by atoms with Crippen molar-refractivity contribution in [2.75, 3.05) is 0 Å². The molecule has 0 bridgehead atoms. The van der Waals surface area contributed by atoms with Crippen molar-refractivity contribution in [3.8, 4) is 33.4 Å². The number of hydrogen-bond donors (Lipinski definition) is 0. The van der Waals surface area contributed by atoms with Gasteiger partial charge < -0.3 is 9.31 Å². The maximum Gasteiger partial charge on any atom is 0.494 e. The summed E-state index contributed by atoms with van der Waals surface area (Å²) in [6, 6.07) is 42.6. The van der Waals surface area contributed by atoms with E-state index >= 15 is 0 Å². The molecule has 1 aliphatic heterocycles. The predicted octanol–water partition coefficient (Wildman–Crippen LogP) is 8.63. The molecule has 1 spiro atoms. The largest absolute Gasteiger partial charge is 0.494 e. The SMILES string of the molecule is C.CC1(C)OB(c2ccc3c(c2)C2(c4ccccc4-c4ccccc4-3)c3ccccc3-c3ccccc32)OC1(C)C. The van der Waals surface area contributed by atoms with E-state index in [0.29, 0.717) is 0 Å². The number of rotatable bonds is 1. The fraction of sp³-hybridized carbons (Fsp3) is 0.211. The van der Waals surface area contributed by atoms with Crippen LogP contribution in [0.15, 0.2) is 115 Å². The molecule has 2 aliphatic carbocycles. The minimum atomic E-state index is -0.488. The van der Waals surface area contributed by atoms with Crippen LogP contribution in [0, 0.1) is 0 Å². The molecule has 1 heterocycles. The van der Waals surface area contributed by atoms with Crippen molar-refractivity contribution >= 4 is 12.6 Å². The first-order valence-corrected chi connectivity index (χ1v) is 14.2. The van der Waals surface area contributed by atoms with Gasteiger partial charge in [0.25, 0.3) is 0 Å². The van der Waals surface area contributed by atoms with Crippen LogP contribution >= 0.6 is 0 Å². The van der Waals surface area contributed by atoms with Crippen LogP contribution in [0.4, 0.5) is 0 Å². The number of fused-ring (bicyclic) bond motifs is 12. The molecule has 8 rings (SSSR count). The molecule has 0 atom stereocenters. The van der Waals surface area contributed by atoms with Gasteiger partial charge in [-0.05, 0) is 88.8 Å². The zero-order valence-corrected chi connectivity index (χ0v) is 23.4. The molecule has 41 heavy (non-hydrogen) atoms. The van der Waals surface area contributed by atoms with Gasteiger partial charge in [0.05, 0.1) is 16.6 Å². The summed E-state index contributed by atoms with van der Waals surface area (Å²) in [6.45, 7) is 8.48. The molecule has 1 saturated heterocycles. The molecule has 0 saturated carbocycles. The van der Waals surface area contributed by atoms with E-state index in [-0.39, 0.29) is 7.43 Å². The lowest BCUT2D eigenvalue weighted by Crippen LogP contribution is -2.41. The Morgan fingerprint density at radius 1 is 0.439 bits per heavy atom. The van der Waals surface area contributed by atoms with E-state index in [2.05, 4.69) is 143 Å². The summed E-state index contributed by atoms with van der Waals surface area (Å²) in [7, 11) is -0.437. The summed E-state index contributed by atoms with van der Waals surface area (Å²) in [5.41, 5.74) is 12.6. The van der Waals surface area contributed by atoms with Crippen molar-refractivity contribution < 1.29 is 9.31 Å². The van der Waals surface area contributed by atoms with Crippen LogP contribution in [0.5, 0.6) is 0 Å². The Labute approximate surface area is 244 Å². The topological polar surface area (TPSA) is 18.5 Å². The van der Waals surface area contributed by atoms with E-state index in [1.54, 1.807) is 0 Å². The van der Waals surface area contributed by atoms with E-state index in [1.807, 2.05) is 0 Å². The van der Waals surface area contributed by atoms with Gasteiger partial charge in [-0.3, -0.25) is 0 Å².